The molecule has 1 amide bonds. The number of nitrogens with one attached hydrogen (secondary N) is 1. The van der Waals surface area contributed by atoms with Crippen molar-refractivity contribution in [2.45, 2.75) is 32.6 Å². The van der Waals surface area contributed by atoms with Crippen LogP contribution in [-0.4, -0.2) is 77.3 Å². The maximum Gasteiger partial charge on any atom is 0.277 e. The molecule has 2 aromatic rings. The predicted molar refractivity (Wildman–Crippen MR) is 115 cm³/mol. The molecule has 3 rings (SSSR count). The number of amides is 1. The molecule has 0 bridgehead atoms. The molecule has 1 aliphatic heterocycles. The normalized spacial score (nSPS) is 16.7. The van der Waals surface area contributed by atoms with E-state index >= 15 is 0 Å². The summed E-state index contributed by atoms with van der Waals surface area (Å²) in [7, 11) is 0. The van der Waals surface area contributed by atoms with E-state index in [9.17, 15) is 9.90 Å². The van der Waals surface area contributed by atoms with Gasteiger partial charge in [0.2, 0.25) is 5.89 Å². The molecular weight excluding hydrogens is 408 g/mol. The molecule has 164 valence electrons. The fourth-order valence-corrected chi connectivity index (χ4v) is 3.32. The fraction of sp³-hybridized carbons (Fsp3) is 0.524. The molecule has 1 atom stereocenters. The molecule has 0 spiro atoms. The van der Waals surface area contributed by atoms with Gasteiger partial charge in [0.25, 0.3) is 5.91 Å². The quantitative estimate of drug-likeness (QED) is 0.624. The van der Waals surface area contributed by atoms with Gasteiger partial charge in [-0.15, -0.1) is 0 Å². The van der Waals surface area contributed by atoms with Crippen LogP contribution in [0.1, 0.15) is 30.2 Å². The Hall–Kier alpha value is -1.97. The number of halogens is 1. The summed E-state index contributed by atoms with van der Waals surface area (Å²) in [5.74, 6) is 0.185. The average molecular weight is 437 g/mol. The minimum atomic E-state index is -0.479. The third-order valence-electron chi connectivity index (χ3n) is 4.80. The molecule has 30 heavy (non-hydrogen) atoms. The number of aromatic nitrogens is 1. The van der Waals surface area contributed by atoms with Gasteiger partial charge in [-0.25, -0.2) is 4.98 Å². The van der Waals surface area contributed by atoms with Crippen molar-refractivity contribution >= 4 is 23.2 Å². The maximum absolute atomic E-state index is 12.3. The molecule has 1 fully saturated rings. The standard InChI is InChI=1S/C21H29ClN4O4/c1-15(2)29-13-18(27)11-25-7-9-26(10-8-25)12-20-24-19(14-30-20)21(28)23-17-5-3-16(22)4-6-17/h3-6,14-15,18,27H,7-13H2,1-2H3,(H,23,28)/t18-/m1/s1. The number of anilines is 1. The summed E-state index contributed by atoms with van der Waals surface area (Å²) in [6, 6.07) is 6.88. The second-order valence-electron chi connectivity index (χ2n) is 7.70. The molecule has 2 heterocycles. The van der Waals surface area contributed by atoms with Crippen LogP contribution in [0.4, 0.5) is 5.69 Å². The molecule has 0 saturated carbocycles. The van der Waals surface area contributed by atoms with Crippen molar-refractivity contribution in [1.29, 1.82) is 0 Å². The number of hydrogen-bond donors (Lipinski definition) is 2. The van der Waals surface area contributed by atoms with Crippen molar-refractivity contribution in [1.82, 2.24) is 14.8 Å². The Labute approximate surface area is 181 Å². The van der Waals surface area contributed by atoms with Gasteiger partial charge in [-0.1, -0.05) is 11.6 Å². The van der Waals surface area contributed by atoms with Crippen LogP contribution in [0.5, 0.6) is 0 Å². The van der Waals surface area contributed by atoms with Crippen molar-refractivity contribution in [2.75, 3.05) is 44.6 Å². The Kier molecular flexibility index (Phi) is 8.24. The van der Waals surface area contributed by atoms with E-state index in [0.29, 0.717) is 36.3 Å². The molecular formula is C21H29ClN4O4. The van der Waals surface area contributed by atoms with E-state index in [4.69, 9.17) is 20.8 Å². The number of carbonyl (C=O) groups is 1. The van der Waals surface area contributed by atoms with Gasteiger partial charge < -0.3 is 19.6 Å². The lowest BCUT2D eigenvalue weighted by Crippen LogP contribution is -2.48. The number of piperazine rings is 1. The zero-order valence-electron chi connectivity index (χ0n) is 17.4. The number of β-amino-alcohol motifs (C(OH)–C–C–N with tert-alkyl or cyclic N) is 1. The Bertz CT molecular complexity index is 804. The van der Waals surface area contributed by atoms with Crippen molar-refractivity contribution in [3.8, 4) is 0 Å². The molecule has 8 nitrogen and oxygen atoms in total. The Morgan fingerprint density at radius 3 is 2.57 bits per heavy atom. The van der Waals surface area contributed by atoms with E-state index in [0.717, 1.165) is 26.2 Å². The third kappa shape index (κ3) is 7.07. The number of hydrogen-bond acceptors (Lipinski definition) is 7. The van der Waals surface area contributed by atoms with Crippen LogP contribution in [0.2, 0.25) is 5.02 Å². The monoisotopic (exact) mass is 436 g/mol. The van der Waals surface area contributed by atoms with E-state index in [-0.39, 0.29) is 17.7 Å². The van der Waals surface area contributed by atoms with Crippen LogP contribution in [0.15, 0.2) is 34.9 Å². The first-order valence-electron chi connectivity index (χ1n) is 10.1. The number of aliphatic hydroxyl groups excluding tert-OH is 1. The van der Waals surface area contributed by atoms with E-state index in [1.807, 2.05) is 13.8 Å². The molecule has 1 saturated heterocycles. The zero-order chi connectivity index (χ0) is 21.5. The highest BCUT2D eigenvalue weighted by Crippen LogP contribution is 2.15. The number of ether oxygens (including phenoxy) is 1. The number of nitrogens with zero attached hydrogens (tertiary/aromatic N) is 3. The Morgan fingerprint density at radius 2 is 1.90 bits per heavy atom. The number of aliphatic hydroxyl groups is 1. The summed E-state index contributed by atoms with van der Waals surface area (Å²) in [6.45, 7) is 8.80. The summed E-state index contributed by atoms with van der Waals surface area (Å²) in [5, 5.41) is 13.5. The highest BCUT2D eigenvalue weighted by molar-refractivity contribution is 6.30. The predicted octanol–water partition coefficient (Wildman–Crippen LogP) is 2.48. The van der Waals surface area contributed by atoms with Gasteiger partial charge in [0.05, 0.1) is 25.4 Å². The number of rotatable bonds is 9. The summed E-state index contributed by atoms with van der Waals surface area (Å²) < 4.78 is 10.9. The first-order valence-corrected chi connectivity index (χ1v) is 10.5. The van der Waals surface area contributed by atoms with Crippen LogP contribution in [-0.2, 0) is 11.3 Å². The number of oxazole rings is 1. The second-order valence-corrected chi connectivity index (χ2v) is 8.14. The first-order chi connectivity index (χ1) is 14.4. The largest absolute Gasteiger partial charge is 0.447 e. The number of carbonyl (C=O) groups excluding carboxylic acids is 1. The van der Waals surface area contributed by atoms with Gasteiger partial charge in [0, 0.05) is 43.4 Å². The van der Waals surface area contributed by atoms with Gasteiger partial charge >= 0.3 is 0 Å². The molecule has 9 heteroatoms. The van der Waals surface area contributed by atoms with Crippen molar-refractivity contribution in [3.05, 3.63) is 47.1 Å². The molecule has 1 aliphatic rings. The molecule has 0 unspecified atom stereocenters. The van der Waals surface area contributed by atoms with E-state index in [1.165, 1.54) is 6.26 Å². The van der Waals surface area contributed by atoms with Gasteiger partial charge in [-0.2, -0.15) is 0 Å². The Morgan fingerprint density at radius 1 is 1.23 bits per heavy atom. The summed E-state index contributed by atoms with van der Waals surface area (Å²) in [6.07, 6.45) is 1.02. The number of benzene rings is 1. The van der Waals surface area contributed by atoms with Crippen LogP contribution >= 0.6 is 11.6 Å². The smallest absolute Gasteiger partial charge is 0.277 e. The highest BCUT2D eigenvalue weighted by Gasteiger charge is 2.21. The van der Waals surface area contributed by atoms with Crippen molar-refractivity contribution in [2.24, 2.45) is 0 Å². The SMILES string of the molecule is CC(C)OC[C@H](O)CN1CCN(Cc2nc(C(=O)Nc3ccc(Cl)cc3)co2)CC1. The molecule has 2 N–H and O–H groups in total. The third-order valence-corrected chi connectivity index (χ3v) is 5.05. The van der Waals surface area contributed by atoms with E-state index < -0.39 is 6.10 Å². The van der Waals surface area contributed by atoms with E-state index in [1.54, 1.807) is 24.3 Å². The zero-order valence-corrected chi connectivity index (χ0v) is 18.1. The average Bonchev–Trinajstić information content (AvgIpc) is 3.18. The summed E-state index contributed by atoms with van der Waals surface area (Å²) in [5.41, 5.74) is 0.887. The lowest BCUT2D eigenvalue weighted by molar-refractivity contribution is -0.0151. The summed E-state index contributed by atoms with van der Waals surface area (Å²) in [4.78, 5) is 21.1. The molecule has 1 aromatic heterocycles. The van der Waals surface area contributed by atoms with Gasteiger partial charge in [0.15, 0.2) is 5.69 Å². The topological polar surface area (TPSA) is 91.1 Å². The van der Waals surface area contributed by atoms with Crippen LogP contribution < -0.4 is 5.32 Å². The summed E-state index contributed by atoms with van der Waals surface area (Å²) >= 11 is 5.85. The van der Waals surface area contributed by atoms with Crippen LogP contribution in [0, 0.1) is 0 Å². The molecule has 0 radical (unpaired) electrons. The lowest BCUT2D eigenvalue weighted by atomic mass is 10.2. The second kappa shape index (κ2) is 10.9. The minimum Gasteiger partial charge on any atom is -0.447 e. The van der Waals surface area contributed by atoms with E-state index in [2.05, 4.69) is 20.1 Å². The first kappa shape index (κ1) is 22.7. The van der Waals surface area contributed by atoms with Gasteiger partial charge in [0.1, 0.15) is 6.26 Å². The van der Waals surface area contributed by atoms with Gasteiger partial charge in [-0.05, 0) is 38.1 Å². The fourth-order valence-electron chi connectivity index (χ4n) is 3.19. The molecule has 1 aromatic carbocycles. The molecule has 0 aliphatic carbocycles. The van der Waals surface area contributed by atoms with Gasteiger partial charge in [-0.3, -0.25) is 14.6 Å². The lowest BCUT2D eigenvalue weighted by Gasteiger charge is -2.35. The highest BCUT2D eigenvalue weighted by atomic mass is 35.5. The van der Waals surface area contributed by atoms with Crippen LogP contribution in [0.3, 0.4) is 0 Å². The van der Waals surface area contributed by atoms with Crippen molar-refractivity contribution < 1.29 is 19.1 Å². The van der Waals surface area contributed by atoms with Crippen LogP contribution in [0.25, 0.3) is 0 Å². The maximum atomic E-state index is 12.3. The Balaban J connectivity index is 1.42. The van der Waals surface area contributed by atoms with Crippen molar-refractivity contribution in [3.63, 3.8) is 0 Å². The minimum absolute atomic E-state index is 0.121.